The number of rotatable bonds is 7. The van der Waals surface area contributed by atoms with Crippen molar-refractivity contribution in [1.29, 1.82) is 0 Å². The molecule has 30 heavy (non-hydrogen) atoms. The Hall–Kier alpha value is -2.57. The summed E-state index contributed by atoms with van der Waals surface area (Å²) < 4.78 is 0. The fraction of sp³-hybridized carbons (Fsp3) is 0.609. The van der Waals surface area contributed by atoms with Crippen molar-refractivity contribution >= 4 is 17.8 Å². The third kappa shape index (κ3) is 6.75. The number of amides is 2. The van der Waals surface area contributed by atoms with Crippen LogP contribution < -0.4 is 16.0 Å². The molecule has 0 bridgehead atoms. The second-order valence-electron chi connectivity index (χ2n) is 8.27. The molecule has 0 spiro atoms. The van der Waals surface area contributed by atoms with Crippen molar-refractivity contribution in [3.05, 3.63) is 35.4 Å². The van der Waals surface area contributed by atoms with Crippen LogP contribution in [0.25, 0.3) is 0 Å². The van der Waals surface area contributed by atoms with Gasteiger partial charge in [-0.05, 0) is 36.5 Å². The van der Waals surface area contributed by atoms with Gasteiger partial charge < -0.3 is 20.9 Å². The van der Waals surface area contributed by atoms with Crippen LogP contribution in [-0.4, -0.2) is 55.9 Å². The fourth-order valence-corrected chi connectivity index (χ4v) is 4.24. The first-order valence-electron chi connectivity index (χ1n) is 11.2. The summed E-state index contributed by atoms with van der Waals surface area (Å²) in [6.07, 6.45) is 9.50. The Labute approximate surface area is 179 Å². The predicted octanol–water partition coefficient (Wildman–Crippen LogP) is 2.28. The molecule has 1 heterocycles. The lowest BCUT2D eigenvalue weighted by molar-refractivity contribution is -0.123. The standard InChI is InChI=1S/C23H35N5O2/c1-24-23(26-13-5-8-18-6-3-2-4-7-18)27-16-19-9-11-20(12-10-19)22(30)28-15-14-25-21(29)17-28/h9-12,18H,2-8,13-17H2,1H3,(H,25,29)(H2,24,26,27). The van der Waals surface area contributed by atoms with Crippen molar-refractivity contribution in [2.75, 3.05) is 33.2 Å². The third-order valence-electron chi connectivity index (χ3n) is 6.02. The molecule has 1 aromatic carbocycles. The van der Waals surface area contributed by atoms with Crippen LogP contribution in [0, 0.1) is 5.92 Å². The summed E-state index contributed by atoms with van der Waals surface area (Å²) in [7, 11) is 1.78. The van der Waals surface area contributed by atoms with Gasteiger partial charge in [0.25, 0.3) is 5.91 Å². The molecule has 2 amide bonds. The number of nitrogens with one attached hydrogen (secondary N) is 3. The summed E-state index contributed by atoms with van der Waals surface area (Å²) in [5.41, 5.74) is 1.69. The number of nitrogens with zero attached hydrogens (tertiary/aromatic N) is 2. The molecule has 1 aliphatic carbocycles. The number of aliphatic imine (C=N–C) groups is 1. The van der Waals surface area contributed by atoms with Crippen molar-refractivity contribution in [3.63, 3.8) is 0 Å². The summed E-state index contributed by atoms with van der Waals surface area (Å²) in [5.74, 6) is 1.52. The summed E-state index contributed by atoms with van der Waals surface area (Å²) >= 11 is 0. The van der Waals surface area contributed by atoms with E-state index in [4.69, 9.17) is 0 Å². The highest BCUT2D eigenvalue weighted by Crippen LogP contribution is 2.26. The zero-order valence-electron chi connectivity index (χ0n) is 18.1. The van der Waals surface area contributed by atoms with Gasteiger partial charge in [-0.25, -0.2) is 0 Å². The maximum atomic E-state index is 12.5. The molecule has 3 rings (SSSR count). The quantitative estimate of drug-likeness (QED) is 0.364. The summed E-state index contributed by atoms with van der Waals surface area (Å²) in [6.45, 7) is 2.77. The van der Waals surface area contributed by atoms with E-state index in [0.717, 1.165) is 24.0 Å². The molecule has 1 aromatic rings. The molecule has 0 atom stereocenters. The molecular formula is C23H35N5O2. The number of benzene rings is 1. The molecule has 1 saturated carbocycles. The maximum absolute atomic E-state index is 12.5. The van der Waals surface area contributed by atoms with Crippen molar-refractivity contribution in [2.24, 2.45) is 10.9 Å². The van der Waals surface area contributed by atoms with E-state index in [2.05, 4.69) is 20.9 Å². The lowest BCUT2D eigenvalue weighted by Crippen LogP contribution is -2.49. The minimum Gasteiger partial charge on any atom is -0.356 e. The Bertz CT molecular complexity index is 726. The van der Waals surface area contributed by atoms with Gasteiger partial charge in [0.1, 0.15) is 0 Å². The summed E-state index contributed by atoms with van der Waals surface area (Å²) in [6, 6.07) is 7.54. The van der Waals surface area contributed by atoms with Gasteiger partial charge in [0, 0.05) is 38.8 Å². The van der Waals surface area contributed by atoms with Gasteiger partial charge >= 0.3 is 0 Å². The van der Waals surface area contributed by atoms with Crippen LogP contribution in [0.1, 0.15) is 60.9 Å². The Morgan fingerprint density at radius 3 is 2.63 bits per heavy atom. The lowest BCUT2D eigenvalue weighted by Gasteiger charge is -2.26. The van der Waals surface area contributed by atoms with Gasteiger partial charge in [-0.15, -0.1) is 0 Å². The Kier molecular flexibility index (Phi) is 8.53. The van der Waals surface area contributed by atoms with Gasteiger partial charge in [-0.3, -0.25) is 14.6 Å². The molecule has 0 aromatic heterocycles. The molecule has 1 aliphatic heterocycles. The molecule has 7 heteroatoms. The summed E-state index contributed by atoms with van der Waals surface area (Å²) in [5, 5.41) is 9.47. The average molecular weight is 414 g/mol. The van der Waals surface area contributed by atoms with Crippen LogP contribution in [-0.2, 0) is 11.3 Å². The average Bonchev–Trinajstić information content (AvgIpc) is 2.79. The van der Waals surface area contributed by atoms with Gasteiger partial charge in [-0.1, -0.05) is 44.2 Å². The SMILES string of the molecule is CN=C(NCCCC1CCCCC1)NCc1ccc(C(=O)N2CCNC(=O)C2)cc1. The van der Waals surface area contributed by atoms with E-state index in [1.807, 2.05) is 24.3 Å². The number of guanidine groups is 1. The van der Waals surface area contributed by atoms with E-state index >= 15 is 0 Å². The predicted molar refractivity (Wildman–Crippen MR) is 119 cm³/mol. The largest absolute Gasteiger partial charge is 0.356 e. The molecule has 0 radical (unpaired) electrons. The van der Waals surface area contributed by atoms with Gasteiger partial charge in [-0.2, -0.15) is 0 Å². The van der Waals surface area contributed by atoms with E-state index in [1.54, 1.807) is 11.9 Å². The number of carbonyl (C=O) groups is 2. The topological polar surface area (TPSA) is 85.8 Å². The van der Waals surface area contributed by atoms with Crippen LogP contribution >= 0.6 is 0 Å². The van der Waals surface area contributed by atoms with Gasteiger partial charge in [0.15, 0.2) is 5.96 Å². The first kappa shape index (κ1) is 22.1. The Balaban J connectivity index is 1.38. The highest BCUT2D eigenvalue weighted by atomic mass is 16.2. The minimum atomic E-state index is -0.104. The first-order chi connectivity index (χ1) is 14.7. The maximum Gasteiger partial charge on any atom is 0.254 e. The van der Waals surface area contributed by atoms with E-state index in [0.29, 0.717) is 25.2 Å². The molecule has 3 N–H and O–H groups in total. The molecule has 2 fully saturated rings. The van der Waals surface area contributed by atoms with Crippen LogP contribution in [0.5, 0.6) is 0 Å². The van der Waals surface area contributed by atoms with Gasteiger partial charge in [0.2, 0.25) is 5.91 Å². The zero-order chi connectivity index (χ0) is 21.2. The normalized spacial score (nSPS) is 18.1. The van der Waals surface area contributed by atoms with Crippen LogP contribution in [0.15, 0.2) is 29.3 Å². The molecule has 164 valence electrons. The molecular weight excluding hydrogens is 378 g/mol. The molecule has 7 nitrogen and oxygen atoms in total. The van der Waals surface area contributed by atoms with E-state index in [9.17, 15) is 9.59 Å². The smallest absolute Gasteiger partial charge is 0.254 e. The van der Waals surface area contributed by atoms with E-state index in [1.165, 1.54) is 44.9 Å². The van der Waals surface area contributed by atoms with Crippen LogP contribution in [0.4, 0.5) is 0 Å². The van der Waals surface area contributed by atoms with Crippen molar-refractivity contribution in [2.45, 2.75) is 51.5 Å². The van der Waals surface area contributed by atoms with E-state index in [-0.39, 0.29) is 18.4 Å². The van der Waals surface area contributed by atoms with Crippen molar-refractivity contribution < 1.29 is 9.59 Å². The van der Waals surface area contributed by atoms with Crippen LogP contribution in [0.3, 0.4) is 0 Å². The zero-order valence-corrected chi connectivity index (χ0v) is 18.1. The highest BCUT2D eigenvalue weighted by molar-refractivity contribution is 5.97. The first-order valence-corrected chi connectivity index (χ1v) is 11.2. The van der Waals surface area contributed by atoms with E-state index < -0.39 is 0 Å². The number of hydrogen-bond donors (Lipinski definition) is 3. The fourth-order valence-electron chi connectivity index (χ4n) is 4.24. The minimum absolute atomic E-state index is 0.0974. The molecule has 2 aliphatic rings. The lowest BCUT2D eigenvalue weighted by atomic mass is 9.86. The van der Waals surface area contributed by atoms with Crippen molar-refractivity contribution in [3.8, 4) is 0 Å². The second-order valence-corrected chi connectivity index (χ2v) is 8.27. The number of carbonyl (C=O) groups excluding carboxylic acids is 2. The molecule has 1 saturated heterocycles. The third-order valence-corrected chi connectivity index (χ3v) is 6.02. The Morgan fingerprint density at radius 2 is 1.93 bits per heavy atom. The monoisotopic (exact) mass is 413 g/mol. The molecule has 0 unspecified atom stereocenters. The summed E-state index contributed by atoms with van der Waals surface area (Å²) in [4.78, 5) is 29.9. The van der Waals surface area contributed by atoms with Gasteiger partial charge in [0.05, 0.1) is 6.54 Å². The van der Waals surface area contributed by atoms with Crippen molar-refractivity contribution in [1.82, 2.24) is 20.9 Å². The number of hydrogen-bond acceptors (Lipinski definition) is 3. The Morgan fingerprint density at radius 1 is 1.17 bits per heavy atom. The second kappa shape index (κ2) is 11.6. The highest BCUT2D eigenvalue weighted by Gasteiger charge is 2.22. The van der Waals surface area contributed by atoms with Crippen LogP contribution in [0.2, 0.25) is 0 Å². The number of piperazine rings is 1.